The SMILES string of the molecule is CC(C)(C)[C@H](NC(=O)C(F)(F)F)C(=O)N1C[C@H]2[C@@H]([C@H]1C(=O)NC(C#N)C[C@]13CC[C@H](C1)NC3=O)[C@H]1C=C[C@@H]2C1. The van der Waals surface area contributed by atoms with Crippen LogP contribution in [-0.2, 0) is 19.2 Å². The minimum absolute atomic E-state index is 0.0294. The molecule has 1 unspecified atom stereocenters. The average molecular weight is 550 g/mol. The highest BCUT2D eigenvalue weighted by molar-refractivity contribution is 5.94. The van der Waals surface area contributed by atoms with Crippen LogP contribution in [-0.4, -0.2) is 65.4 Å². The first-order valence-electron chi connectivity index (χ1n) is 13.5. The predicted octanol–water partition coefficient (Wildman–Crippen LogP) is 1.80. The van der Waals surface area contributed by atoms with E-state index in [1.807, 2.05) is 11.4 Å². The van der Waals surface area contributed by atoms with Crippen LogP contribution < -0.4 is 16.0 Å². The molecule has 4 bridgehead atoms. The molecular weight excluding hydrogens is 515 g/mol. The molecule has 0 aromatic heterocycles. The monoisotopic (exact) mass is 549 g/mol. The lowest BCUT2D eigenvalue weighted by Crippen LogP contribution is -2.60. The third-order valence-corrected chi connectivity index (χ3v) is 9.49. The third-order valence-electron chi connectivity index (χ3n) is 9.49. The molecule has 9 nitrogen and oxygen atoms in total. The lowest BCUT2D eigenvalue weighted by Gasteiger charge is -2.37. The number of fused-ring (bicyclic) bond motifs is 7. The molecule has 2 saturated carbocycles. The Morgan fingerprint density at radius 2 is 1.90 bits per heavy atom. The number of allylic oxidation sites excluding steroid dienone is 2. The fourth-order valence-electron chi connectivity index (χ4n) is 7.66. The highest BCUT2D eigenvalue weighted by Gasteiger charge is 2.60. The standard InChI is InChI=1S/C27H34F3N5O4/c1-25(2,3)20(34-24(39)27(28,29)30)22(37)35-12-17-13-4-5-14(8-13)18(17)19(35)21(36)32-16(11-31)10-26-7-6-15(9-26)33-23(26)38/h4-5,13-20H,6-10,12H2,1-3H3,(H,32,36)(H,33,38)(H,34,39)/t13-,14+,15-,16?,17-,18+,19+,20-,26+/m1/s1. The Balaban J connectivity index is 1.39. The van der Waals surface area contributed by atoms with Crippen LogP contribution in [0.1, 0.15) is 52.9 Å². The summed E-state index contributed by atoms with van der Waals surface area (Å²) in [5.74, 6) is -3.75. The molecule has 0 spiro atoms. The minimum Gasteiger partial charge on any atom is -0.353 e. The normalized spacial score (nSPS) is 35.8. The van der Waals surface area contributed by atoms with Crippen LogP contribution >= 0.6 is 0 Å². The van der Waals surface area contributed by atoms with Crippen LogP contribution in [0.4, 0.5) is 13.2 Å². The number of likely N-dealkylation sites (tertiary alicyclic amines) is 1. The fraction of sp³-hybridized carbons (Fsp3) is 0.741. The van der Waals surface area contributed by atoms with Crippen LogP contribution in [0.25, 0.3) is 0 Å². The number of carbonyl (C=O) groups is 4. The van der Waals surface area contributed by atoms with Crippen molar-refractivity contribution in [2.45, 2.75) is 83.2 Å². The van der Waals surface area contributed by atoms with Gasteiger partial charge in [0.25, 0.3) is 0 Å². The fourth-order valence-corrected chi connectivity index (χ4v) is 7.66. The van der Waals surface area contributed by atoms with Gasteiger partial charge in [-0.2, -0.15) is 18.4 Å². The second kappa shape index (κ2) is 9.24. The molecule has 12 heteroatoms. The maximum absolute atomic E-state index is 13.8. The largest absolute Gasteiger partial charge is 0.471 e. The number of nitrogens with one attached hydrogen (secondary N) is 3. The van der Waals surface area contributed by atoms with Gasteiger partial charge in [-0.15, -0.1) is 0 Å². The van der Waals surface area contributed by atoms with Gasteiger partial charge in [0.15, 0.2) is 0 Å². The summed E-state index contributed by atoms with van der Waals surface area (Å²) in [6.07, 6.45) is 1.97. The minimum atomic E-state index is -5.17. The van der Waals surface area contributed by atoms with Crippen LogP contribution in [0.5, 0.6) is 0 Å². The summed E-state index contributed by atoms with van der Waals surface area (Å²) < 4.78 is 39.3. The number of hydrogen-bond donors (Lipinski definition) is 3. The van der Waals surface area contributed by atoms with Crippen molar-refractivity contribution in [3.63, 3.8) is 0 Å². The highest BCUT2D eigenvalue weighted by atomic mass is 19.4. The highest BCUT2D eigenvalue weighted by Crippen LogP contribution is 2.54. The van der Waals surface area contributed by atoms with Crippen LogP contribution in [0, 0.1) is 45.8 Å². The van der Waals surface area contributed by atoms with Crippen molar-refractivity contribution < 1.29 is 32.3 Å². The van der Waals surface area contributed by atoms with Gasteiger partial charge in [-0.3, -0.25) is 19.2 Å². The lowest BCUT2D eigenvalue weighted by atomic mass is 9.79. The quantitative estimate of drug-likeness (QED) is 0.435. The topological polar surface area (TPSA) is 131 Å². The lowest BCUT2D eigenvalue weighted by molar-refractivity contribution is -0.176. The Morgan fingerprint density at radius 3 is 2.46 bits per heavy atom. The second-order valence-corrected chi connectivity index (χ2v) is 13.0. The first kappa shape index (κ1) is 27.5. The molecule has 3 aliphatic carbocycles. The van der Waals surface area contributed by atoms with E-state index in [2.05, 4.69) is 22.8 Å². The van der Waals surface area contributed by atoms with Crippen molar-refractivity contribution in [2.24, 2.45) is 34.5 Å². The molecule has 9 atom stereocenters. The van der Waals surface area contributed by atoms with Crippen molar-refractivity contribution in [3.05, 3.63) is 12.2 Å². The molecule has 2 aliphatic heterocycles. The molecule has 5 rings (SSSR count). The Morgan fingerprint density at radius 1 is 1.21 bits per heavy atom. The maximum Gasteiger partial charge on any atom is 0.471 e. The van der Waals surface area contributed by atoms with E-state index in [1.165, 1.54) is 4.90 Å². The van der Waals surface area contributed by atoms with E-state index in [0.717, 1.165) is 12.8 Å². The molecule has 0 aromatic rings. The summed E-state index contributed by atoms with van der Waals surface area (Å²) in [5, 5.41) is 17.4. The van der Waals surface area contributed by atoms with Gasteiger partial charge < -0.3 is 20.9 Å². The summed E-state index contributed by atoms with van der Waals surface area (Å²) >= 11 is 0. The van der Waals surface area contributed by atoms with Gasteiger partial charge in [0.2, 0.25) is 17.7 Å². The van der Waals surface area contributed by atoms with Gasteiger partial charge in [-0.25, -0.2) is 0 Å². The maximum atomic E-state index is 13.8. The molecule has 2 heterocycles. The summed E-state index contributed by atoms with van der Waals surface area (Å²) in [7, 11) is 0. The van der Waals surface area contributed by atoms with E-state index >= 15 is 0 Å². The van der Waals surface area contributed by atoms with Crippen molar-refractivity contribution in [2.75, 3.05) is 6.54 Å². The molecular formula is C27H34F3N5O4. The number of rotatable bonds is 6. The van der Waals surface area contributed by atoms with E-state index in [4.69, 9.17) is 0 Å². The molecule has 2 saturated heterocycles. The molecule has 4 amide bonds. The van der Waals surface area contributed by atoms with Crippen molar-refractivity contribution in [1.82, 2.24) is 20.9 Å². The van der Waals surface area contributed by atoms with E-state index in [9.17, 15) is 37.6 Å². The van der Waals surface area contributed by atoms with E-state index in [1.54, 1.807) is 20.8 Å². The molecule has 5 aliphatic rings. The van der Waals surface area contributed by atoms with E-state index < -0.39 is 52.9 Å². The number of piperidine rings is 1. The zero-order valence-electron chi connectivity index (χ0n) is 22.2. The second-order valence-electron chi connectivity index (χ2n) is 13.0. The zero-order chi connectivity index (χ0) is 28.5. The van der Waals surface area contributed by atoms with Crippen LogP contribution in [0.15, 0.2) is 12.2 Å². The first-order valence-corrected chi connectivity index (χ1v) is 13.5. The number of carbonyl (C=O) groups excluding carboxylic acids is 4. The van der Waals surface area contributed by atoms with Crippen molar-refractivity contribution in [3.8, 4) is 6.07 Å². The van der Waals surface area contributed by atoms with Gasteiger partial charge >= 0.3 is 12.1 Å². The molecule has 0 radical (unpaired) electrons. The van der Waals surface area contributed by atoms with Gasteiger partial charge in [0, 0.05) is 12.6 Å². The predicted molar refractivity (Wildman–Crippen MR) is 131 cm³/mol. The molecule has 4 fully saturated rings. The van der Waals surface area contributed by atoms with Crippen molar-refractivity contribution >= 4 is 23.6 Å². The summed E-state index contributed by atoms with van der Waals surface area (Å²) in [4.78, 5) is 53.3. The van der Waals surface area contributed by atoms with Gasteiger partial charge in [0.05, 0.1) is 11.5 Å². The average Bonchev–Trinajstić information content (AvgIpc) is 3.64. The van der Waals surface area contributed by atoms with Gasteiger partial charge in [-0.05, 0) is 61.2 Å². The number of amides is 4. The number of nitriles is 1. The smallest absolute Gasteiger partial charge is 0.353 e. The summed E-state index contributed by atoms with van der Waals surface area (Å²) in [6.45, 7) is 4.83. The molecule has 39 heavy (non-hydrogen) atoms. The number of nitrogens with zero attached hydrogens (tertiary/aromatic N) is 2. The third kappa shape index (κ3) is 4.67. The van der Waals surface area contributed by atoms with Gasteiger partial charge in [-0.1, -0.05) is 32.9 Å². The molecule has 0 aromatic carbocycles. The van der Waals surface area contributed by atoms with Crippen molar-refractivity contribution in [1.29, 1.82) is 5.26 Å². The number of halogens is 3. The van der Waals surface area contributed by atoms with Gasteiger partial charge in [0.1, 0.15) is 18.1 Å². The Labute approximate surface area is 224 Å². The van der Waals surface area contributed by atoms with E-state index in [-0.39, 0.29) is 48.6 Å². The number of alkyl halides is 3. The molecule has 212 valence electrons. The van der Waals surface area contributed by atoms with Crippen LogP contribution in [0.2, 0.25) is 0 Å². The van der Waals surface area contributed by atoms with Crippen LogP contribution in [0.3, 0.4) is 0 Å². The Kier molecular flexibility index (Phi) is 6.50. The Hall–Kier alpha value is -3.10. The number of hydrogen-bond acceptors (Lipinski definition) is 5. The molecule has 3 N–H and O–H groups in total. The Bertz CT molecular complexity index is 1160. The van der Waals surface area contributed by atoms with E-state index in [0.29, 0.717) is 12.8 Å². The first-order chi connectivity index (χ1) is 18.1. The summed E-state index contributed by atoms with van der Waals surface area (Å²) in [5.41, 5.74) is -1.78. The zero-order valence-corrected chi connectivity index (χ0v) is 22.2. The summed E-state index contributed by atoms with van der Waals surface area (Å²) in [6, 6.07) is -1.31.